The van der Waals surface area contributed by atoms with Crippen molar-refractivity contribution in [2.75, 3.05) is 20.3 Å². The van der Waals surface area contributed by atoms with Crippen LogP contribution in [0.4, 0.5) is 0 Å². The molecule has 0 amide bonds. The molecule has 0 fully saturated rings. The molecule has 0 aromatic carbocycles. The van der Waals surface area contributed by atoms with E-state index in [1.54, 1.807) is 6.07 Å². The minimum Gasteiger partial charge on any atom is -0.483 e. The first-order valence-electron chi connectivity index (χ1n) is 10.5. The molecule has 1 aromatic rings. The summed E-state index contributed by atoms with van der Waals surface area (Å²) < 4.78 is 4.65. The van der Waals surface area contributed by atoms with Crippen LogP contribution in [0.2, 0.25) is 0 Å². The number of carbonyl (C=O) groups is 1. The first kappa shape index (κ1) is 26.1. The average Bonchev–Trinajstić information content (AvgIpc) is 3.36. The van der Waals surface area contributed by atoms with E-state index >= 15 is 0 Å². The second-order valence-corrected chi connectivity index (χ2v) is 7.09. The standard InChI is InChI=1S/C16H32N2.C5H6O2.CH2O2/c1-3-4-5-6-7-8-9-10-11-12-13-18-15-14-17(2)16-18;6-3-5-1-2-7-4-5;2-1-3/h14-15H,3-13,16H2,1-2H3;1-2,4,6H,3H2;1H,(H,2,3). The van der Waals surface area contributed by atoms with Crippen LogP contribution in [-0.2, 0) is 11.4 Å². The Kier molecular flexibility index (Phi) is 18.4. The molecule has 0 unspecified atom stereocenters. The molecule has 0 aliphatic carbocycles. The molecule has 0 spiro atoms. The van der Waals surface area contributed by atoms with Crippen molar-refractivity contribution in [3.8, 4) is 0 Å². The van der Waals surface area contributed by atoms with Crippen molar-refractivity contribution in [1.82, 2.24) is 9.80 Å². The lowest BCUT2D eigenvalue weighted by Crippen LogP contribution is -2.23. The van der Waals surface area contributed by atoms with Crippen molar-refractivity contribution in [3.05, 3.63) is 36.6 Å². The van der Waals surface area contributed by atoms with E-state index in [1.807, 2.05) is 0 Å². The maximum Gasteiger partial charge on any atom is 0.290 e. The predicted molar refractivity (Wildman–Crippen MR) is 114 cm³/mol. The lowest BCUT2D eigenvalue weighted by Gasteiger charge is -2.17. The van der Waals surface area contributed by atoms with E-state index in [0.717, 1.165) is 12.2 Å². The Bertz CT molecular complexity index is 463. The van der Waals surface area contributed by atoms with Crippen molar-refractivity contribution in [2.45, 2.75) is 77.7 Å². The number of rotatable bonds is 12. The summed E-state index contributed by atoms with van der Waals surface area (Å²) in [6.07, 6.45) is 21.7. The minimum absolute atomic E-state index is 0.0660. The van der Waals surface area contributed by atoms with Gasteiger partial charge in [-0.05, 0) is 12.5 Å². The highest BCUT2D eigenvalue weighted by Crippen LogP contribution is 2.11. The number of aliphatic hydroxyl groups is 1. The summed E-state index contributed by atoms with van der Waals surface area (Å²) in [6.45, 7) is 4.42. The second kappa shape index (κ2) is 19.8. The fourth-order valence-electron chi connectivity index (χ4n) is 2.92. The number of nitrogens with zero attached hydrogens (tertiary/aromatic N) is 2. The zero-order valence-electron chi connectivity index (χ0n) is 17.8. The highest BCUT2D eigenvalue weighted by molar-refractivity contribution is 5.32. The van der Waals surface area contributed by atoms with Crippen LogP contribution in [0, 0.1) is 0 Å². The van der Waals surface area contributed by atoms with E-state index in [2.05, 4.69) is 40.6 Å². The van der Waals surface area contributed by atoms with Crippen LogP contribution in [0.1, 0.15) is 76.7 Å². The molecule has 2 heterocycles. The van der Waals surface area contributed by atoms with Gasteiger partial charge < -0.3 is 24.4 Å². The minimum atomic E-state index is -0.250. The van der Waals surface area contributed by atoms with Crippen LogP contribution >= 0.6 is 0 Å². The van der Waals surface area contributed by atoms with Gasteiger partial charge in [0.25, 0.3) is 6.47 Å². The van der Waals surface area contributed by atoms with Crippen molar-refractivity contribution < 1.29 is 19.4 Å². The Morgan fingerprint density at radius 3 is 2.00 bits per heavy atom. The fourth-order valence-corrected chi connectivity index (χ4v) is 2.92. The van der Waals surface area contributed by atoms with Gasteiger partial charge in [-0.15, -0.1) is 0 Å². The van der Waals surface area contributed by atoms with Gasteiger partial charge in [-0.1, -0.05) is 64.7 Å². The molecule has 1 aliphatic heterocycles. The number of carboxylic acid groups (broad SMARTS) is 1. The largest absolute Gasteiger partial charge is 0.483 e. The average molecular weight is 397 g/mol. The summed E-state index contributed by atoms with van der Waals surface area (Å²) in [5, 5.41) is 15.3. The molecule has 0 saturated carbocycles. The van der Waals surface area contributed by atoms with E-state index in [9.17, 15) is 0 Å². The number of aliphatic hydroxyl groups excluding tert-OH is 1. The van der Waals surface area contributed by atoms with Gasteiger partial charge in [-0.25, -0.2) is 0 Å². The van der Waals surface area contributed by atoms with Gasteiger partial charge in [-0.2, -0.15) is 0 Å². The summed E-state index contributed by atoms with van der Waals surface area (Å²) in [6, 6.07) is 1.72. The lowest BCUT2D eigenvalue weighted by molar-refractivity contribution is -0.122. The highest BCUT2D eigenvalue weighted by atomic mass is 16.3. The van der Waals surface area contributed by atoms with Gasteiger partial charge in [-0.3, -0.25) is 4.79 Å². The summed E-state index contributed by atoms with van der Waals surface area (Å²) in [5.74, 6) is 0. The van der Waals surface area contributed by atoms with E-state index in [0.29, 0.717) is 0 Å². The molecule has 6 nitrogen and oxygen atoms in total. The highest BCUT2D eigenvalue weighted by Gasteiger charge is 2.06. The summed E-state index contributed by atoms with van der Waals surface area (Å²) >= 11 is 0. The number of unbranched alkanes of at least 4 members (excludes halogenated alkanes) is 9. The third-order valence-electron chi connectivity index (χ3n) is 4.50. The quantitative estimate of drug-likeness (QED) is 0.380. The molecule has 0 saturated heterocycles. The topological polar surface area (TPSA) is 77.2 Å². The molecule has 2 N–H and O–H groups in total. The molecule has 6 heteroatoms. The number of hydrogen-bond donors (Lipinski definition) is 2. The van der Waals surface area contributed by atoms with Gasteiger partial charge in [0.15, 0.2) is 0 Å². The fraction of sp³-hybridized carbons (Fsp3) is 0.682. The summed E-state index contributed by atoms with van der Waals surface area (Å²) in [7, 11) is 2.13. The Labute approximate surface area is 170 Å². The van der Waals surface area contributed by atoms with Gasteiger partial charge in [0, 0.05) is 31.6 Å². The van der Waals surface area contributed by atoms with Gasteiger partial charge >= 0.3 is 0 Å². The Morgan fingerprint density at radius 2 is 1.61 bits per heavy atom. The van der Waals surface area contributed by atoms with Crippen molar-refractivity contribution in [3.63, 3.8) is 0 Å². The van der Waals surface area contributed by atoms with Crippen LogP contribution in [0.25, 0.3) is 0 Å². The third kappa shape index (κ3) is 16.2. The van der Waals surface area contributed by atoms with Crippen LogP contribution in [0.3, 0.4) is 0 Å². The maximum absolute atomic E-state index is 8.37. The summed E-state index contributed by atoms with van der Waals surface area (Å²) in [4.78, 5) is 13.0. The van der Waals surface area contributed by atoms with Crippen LogP contribution in [-0.4, -0.2) is 46.7 Å². The first-order chi connectivity index (χ1) is 13.7. The molecule has 1 aliphatic rings. The molecule has 162 valence electrons. The lowest BCUT2D eigenvalue weighted by atomic mass is 10.1. The Balaban J connectivity index is 0.000000598. The van der Waals surface area contributed by atoms with E-state index in [4.69, 9.17) is 15.0 Å². The zero-order chi connectivity index (χ0) is 20.9. The molecule has 1 aromatic heterocycles. The number of furan rings is 1. The smallest absolute Gasteiger partial charge is 0.290 e. The maximum atomic E-state index is 8.37. The van der Waals surface area contributed by atoms with Crippen molar-refractivity contribution in [2.24, 2.45) is 0 Å². The zero-order valence-corrected chi connectivity index (χ0v) is 17.8. The van der Waals surface area contributed by atoms with Crippen molar-refractivity contribution in [1.29, 1.82) is 0 Å². The second-order valence-electron chi connectivity index (χ2n) is 7.09. The normalized spacial score (nSPS) is 12.2. The SMILES string of the molecule is CCCCCCCCCCCCN1C=CN(C)C1.O=CO.OCc1ccoc1. The monoisotopic (exact) mass is 396 g/mol. The van der Waals surface area contributed by atoms with E-state index in [-0.39, 0.29) is 13.1 Å². The van der Waals surface area contributed by atoms with Crippen LogP contribution in [0.5, 0.6) is 0 Å². The van der Waals surface area contributed by atoms with Crippen molar-refractivity contribution >= 4 is 6.47 Å². The molecular weight excluding hydrogens is 356 g/mol. The van der Waals surface area contributed by atoms with E-state index in [1.165, 1.54) is 83.3 Å². The molecule has 0 radical (unpaired) electrons. The van der Waals surface area contributed by atoms with Gasteiger partial charge in [0.05, 0.1) is 25.8 Å². The number of hydrogen-bond acceptors (Lipinski definition) is 5. The first-order valence-corrected chi connectivity index (χ1v) is 10.5. The molecule has 28 heavy (non-hydrogen) atoms. The third-order valence-corrected chi connectivity index (χ3v) is 4.50. The summed E-state index contributed by atoms with van der Waals surface area (Å²) in [5.41, 5.74) is 0.819. The van der Waals surface area contributed by atoms with Gasteiger partial charge in [0.1, 0.15) is 0 Å². The molecule has 2 rings (SSSR count). The Morgan fingerprint density at radius 1 is 1.04 bits per heavy atom. The van der Waals surface area contributed by atoms with Gasteiger partial charge in [0.2, 0.25) is 0 Å². The molecule has 0 bridgehead atoms. The molecular formula is C22H40N2O4. The van der Waals surface area contributed by atoms with E-state index < -0.39 is 0 Å². The van der Waals surface area contributed by atoms with Crippen LogP contribution in [0.15, 0.2) is 35.4 Å². The predicted octanol–water partition coefficient (Wildman–Crippen LogP) is 5.06. The van der Waals surface area contributed by atoms with Crippen LogP contribution < -0.4 is 0 Å². The molecule has 0 atom stereocenters. The Hall–Kier alpha value is -1.95.